The van der Waals surface area contributed by atoms with Gasteiger partial charge in [0.1, 0.15) is 5.75 Å². The Bertz CT molecular complexity index is 512. The van der Waals surface area contributed by atoms with E-state index >= 15 is 0 Å². The van der Waals surface area contributed by atoms with Crippen molar-refractivity contribution in [1.82, 2.24) is 15.5 Å². The Kier molecular flexibility index (Phi) is 3.78. The minimum Gasteiger partial charge on any atom is -0.497 e. The molecule has 6 nitrogen and oxygen atoms in total. The van der Waals surface area contributed by atoms with E-state index < -0.39 is 0 Å². The number of hydrogen-bond donors (Lipinski definition) is 1. The van der Waals surface area contributed by atoms with Crippen LogP contribution in [-0.4, -0.2) is 31.4 Å². The van der Waals surface area contributed by atoms with Crippen LogP contribution >= 0.6 is 0 Å². The molecule has 1 N–H and O–H groups in total. The summed E-state index contributed by atoms with van der Waals surface area (Å²) in [7, 11) is 5.33. The van der Waals surface area contributed by atoms with E-state index in [1.54, 1.807) is 7.11 Å². The predicted molar refractivity (Wildman–Crippen MR) is 68.1 cm³/mol. The van der Waals surface area contributed by atoms with Gasteiger partial charge in [-0.3, -0.25) is 4.90 Å². The zero-order valence-corrected chi connectivity index (χ0v) is 10.7. The van der Waals surface area contributed by atoms with Gasteiger partial charge in [0.25, 0.3) is 0 Å². The first-order valence-electron chi connectivity index (χ1n) is 5.59. The lowest BCUT2D eigenvalue weighted by molar-refractivity contribution is 0.415. The molecule has 0 aliphatic carbocycles. The number of aromatic nitrogens is 2. The second kappa shape index (κ2) is 5.50. The summed E-state index contributed by atoms with van der Waals surface area (Å²) in [6.45, 7) is 0.555. The summed E-state index contributed by atoms with van der Waals surface area (Å²) >= 11 is 0. The summed E-state index contributed by atoms with van der Waals surface area (Å²) in [4.78, 5) is 1.81. The minimum atomic E-state index is 0.452. The van der Waals surface area contributed by atoms with Gasteiger partial charge >= 0.3 is 6.01 Å². The van der Waals surface area contributed by atoms with Gasteiger partial charge in [-0.2, -0.15) is 0 Å². The summed E-state index contributed by atoms with van der Waals surface area (Å²) in [5.41, 5.74) is 0.925. The van der Waals surface area contributed by atoms with Crippen LogP contribution in [0.1, 0.15) is 5.89 Å². The Morgan fingerprint density at radius 2 is 2.22 bits per heavy atom. The maximum absolute atomic E-state index is 5.51. The summed E-state index contributed by atoms with van der Waals surface area (Å²) in [5, 5.41) is 10.9. The van der Waals surface area contributed by atoms with E-state index in [9.17, 15) is 0 Å². The molecule has 0 saturated heterocycles. The van der Waals surface area contributed by atoms with Gasteiger partial charge < -0.3 is 14.5 Å². The normalized spacial score (nSPS) is 10.4. The van der Waals surface area contributed by atoms with Crippen LogP contribution in [0, 0.1) is 0 Å². The van der Waals surface area contributed by atoms with Crippen LogP contribution in [0.3, 0.4) is 0 Å². The molecule has 6 heteroatoms. The van der Waals surface area contributed by atoms with E-state index in [4.69, 9.17) is 9.15 Å². The average molecular weight is 248 g/mol. The number of ether oxygens (including phenoxy) is 1. The van der Waals surface area contributed by atoms with E-state index in [0.29, 0.717) is 18.5 Å². The molecule has 96 valence electrons. The van der Waals surface area contributed by atoms with Crippen LogP contribution in [0.5, 0.6) is 5.75 Å². The first-order chi connectivity index (χ1) is 8.74. The molecular weight excluding hydrogens is 232 g/mol. The lowest BCUT2D eigenvalue weighted by atomic mass is 10.3. The van der Waals surface area contributed by atoms with E-state index in [2.05, 4.69) is 15.5 Å². The SMILES string of the molecule is CNCc1nnc(N(C)c2cccc(OC)c2)o1. The summed E-state index contributed by atoms with van der Waals surface area (Å²) < 4.78 is 10.7. The molecule has 2 aromatic rings. The van der Waals surface area contributed by atoms with Crippen molar-refractivity contribution in [2.45, 2.75) is 6.54 Å². The van der Waals surface area contributed by atoms with E-state index in [-0.39, 0.29) is 0 Å². The third-order valence-corrected chi connectivity index (χ3v) is 2.51. The molecule has 1 aromatic carbocycles. The third-order valence-electron chi connectivity index (χ3n) is 2.51. The molecule has 1 aromatic heterocycles. The van der Waals surface area contributed by atoms with Crippen molar-refractivity contribution in [3.05, 3.63) is 30.2 Å². The quantitative estimate of drug-likeness (QED) is 0.866. The molecular formula is C12H16N4O2. The monoisotopic (exact) mass is 248 g/mol. The highest BCUT2D eigenvalue weighted by atomic mass is 16.5. The number of nitrogens with zero attached hydrogens (tertiary/aromatic N) is 3. The molecule has 2 rings (SSSR count). The van der Waals surface area contributed by atoms with Crippen LogP contribution in [0.25, 0.3) is 0 Å². The van der Waals surface area contributed by atoms with Gasteiger partial charge in [-0.1, -0.05) is 11.2 Å². The number of hydrogen-bond acceptors (Lipinski definition) is 6. The topological polar surface area (TPSA) is 63.4 Å². The highest BCUT2D eigenvalue weighted by molar-refractivity contribution is 5.57. The van der Waals surface area contributed by atoms with E-state index in [1.165, 1.54) is 0 Å². The largest absolute Gasteiger partial charge is 0.497 e. The first-order valence-corrected chi connectivity index (χ1v) is 5.59. The fourth-order valence-electron chi connectivity index (χ4n) is 1.53. The number of rotatable bonds is 5. The molecule has 0 radical (unpaired) electrons. The van der Waals surface area contributed by atoms with Gasteiger partial charge in [0.05, 0.1) is 13.7 Å². The van der Waals surface area contributed by atoms with Crippen molar-refractivity contribution in [3.8, 4) is 5.75 Å². The maximum atomic E-state index is 5.51. The van der Waals surface area contributed by atoms with Gasteiger partial charge in [0.2, 0.25) is 5.89 Å². The Hall–Kier alpha value is -2.08. The fraction of sp³-hybridized carbons (Fsp3) is 0.333. The molecule has 0 spiro atoms. The molecule has 0 bridgehead atoms. The summed E-state index contributed by atoms with van der Waals surface area (Å²) in [5.74, 6) is 1.34. The van der Waals surface area contributed by atoms with Crippen LogP contribution in [-0.2, 0) is 6.54 Å². The minimum absolute atomic E-state index is 0.452. The van der Waals surface area contributed by atoms with Gasteiger partial charge in [-0.15, -0.1) is 5.10 Å². The van der Waals surface area contributed by atoms with Crippen LogP contribution < -0.4 is 15.0 Å². The van der Waals surface area contributed by atoms with Crippen molar-refractivity contribution < 1.29 is 9.15 Å². The molecule has 0 unspecified atom stereocenters. The lowest BCUT2D eigenvalue weighted by Gasteiger charge is -2.14. The summed E-state index contributed by atoms with van der Waals surface area (Å²) in [6.07, 6.45) is 0. The number of anilines is 2. The Morgan fingerprint density at radius 1 is 1.39 bits per heavy atom. The zero-order chi connectivity index (χ0) is 13.0. The Balaban J connectivity index is 2.20. The van der Waals surface area contributed by atoms with Crippen molar-refractivity contribution in [1.29, 1.82) is 0 Å². The molecule has 0 aliphatic rings. The average Bonchev–Trinajstić information content (AvgIpc) is 2.87. The van der Waals surface area contributed by atoms with Gasteiger partial charge in [-0.05, 0) is 19.2 Å². The fourth-order valence-corrected chi connectivity index (χ4v) is 1.53. The molecule has 18 heavy (non-hydrogen) atoms. The first kappa shape index (κ1) is 12.4. The van der Waals surface area contributed by atoms with Crippen molar-refractivity contribution >= 4 is 11.7 Å². The molecule has 1 heterocycles. The molecule has 0 fully saturated rings. The van der Waals surface area contributed by atoms with Gasteiger partial charge in [0.15, 0.2) is 0 Å². The number of benzene rings is 1. The van der Waals surface area contributed by atoms with Crippen molar-refractivity contribution in [2.75, 3.05) is 26.1 Å². The Labute approximate surface area is 106 Å². The molecule has 0 saturated carbocycles. The highest BCUT2D eigenvalue weighted by Crippen LogP contribution is 2.25. The van der Waals surface area contributed by atoms with Gasteiger partial charge in [-0.25, -0.2) is 0 Å². The maximum Gasteiger partial charge on any atom is 0.322 e. The molecule has 0 aliphatic heterocycles. The van der Waals surface area contributed by atoms with E-state index in [1.807, 2.05) is 43.3 Å². The van der Waals surface area contributed by atoms with E-state index in [0.717, 1.165) is 11.4 Å². The standard InChI is InChI=1S/C12H16N4O2/c1-13-8-11-14-15-12(18-11)16(2)9-5-4-6-10(7-9)17-3/h4-7,13H,8H2,1-3H3. The smallest absolute Gasteiger partial charge is 0.322 e. The number of methoxy groups -OCH3 is 1. The second-order valence-corrected chi connectivity index (χ2v) is 3.77. The molecule has 0 amide bonds. The second-order valence-electron chi connectivity index (χ2n) is 3.77. The Morgan fingerprint density at radius 3 is 2.94 bits per heavy atom. The van der Waals surface area contributed by atoms with Gasteiger partial charge in [0, 0.05) is 18.8 Å². The summed E-state index contributed by atoms with van der Waals surface area (Å²) in [6, 6.07) is 8.10. The van der Waals surface area contributed by atoms with Crippen LogP contribution in [0.15, 0.2) is 28.7 Å². The molecule has 0 atom stereocenters. The third kappa shape index (κ3) is 2.60. The van der Waals surface area contributed by atoms with Crippen LogP contribution in [0.4, 0.5) is 11.7 Å². The van der Waals surface area contributed by atoms with Crippen LogP contribution in [0.2, 0.25) is 0 Å². The predicted octanol–water partition coefficient (Wildman–Crippen LogP) is 1.57. The highest BCUT2D eigenvalue weighted by Gasteiger charge is 2.12. The van der Waals surface area contributed by atoms with Crippen molar-refractivity contribution in [2.24, 2.45) is 0 Å². The lowest BCUT2D eigenvalue weighted by Crippen LogP contribution is -2.09. The van der Waals surface area contributed by atoms with Crippen molar-refractivity contribution in [3.63, 3.8) is 0 Å². The zero-order valence-electron chi connectivity index (χ0n) is 10.7. The number of nitrogens with one attached hydrogen (secondary N) is 1.